The molecule has 0 amide bonds. The Bertz CT molecular complexity index is 751. The number of aromatic amines is 1. The molecule has 6 nitrogen and oxygen atoms in total. The van der Waals surface area contributed by atoms with Gasteiger partial charge in [-0.15, -0.1) is 0 Å². The van der Waals surface area contributed by atoms with Crippen molar-refractivity contribution in [2.45, 2.75) is 6.18 Å². The number of alkyl halides is 3. The van der Waals surface area contributed by atoms with Gasteiger partial charge in [0.05, 0.1) is 0 Å². The third-order valence-corrected chi connectivity index (χ3v) is 2.36. The number of hydrogen-bond donors (Lipinski definition) is 3. The third-order valence-electron chi connectivity index (χ3n) is 2.36. The van der Waals surface area contributed by atoms with Crippen LogP contribution in [0.4, 0.5) is 29.2 Å². The molecule has 1 aromatic heterocycles. The highest BCUT2D eigenvalue weighted by Gasteiger charge is 2.33. The van der Waals surface area contributed by atoms with Crippen LogP contribution < -0.4 is 16.6 Å². The van der Waals surface area contributed by atoms with E-state index in [1.54, 1.807) is 0 Å². The average molecular weight is 315 g/mol. The van der Waals surface area contributed by atoms with E-state index < -0.39 is 29.2 Å². The van der Waals surface area contributed by atoms with Gasteiger partial charge in [0.25, 0.3) is 5.56 Å². The maximum Gasteiger partial charge on any atom is 0.433 e. The fourth-order valence-electron chi connectivity index (χ4n) is 1.47. The fraction of sp³-hybridized carbons (Fsp3) is 0.0833. The number of H-pyrrole nitrogens is 1. The molecule has 0 saturated heterocycles. The van der Waals surface area contributed by atoms with Crippen molar-refractivity contribution in [2.24, 2.45) is 10.7 Å². The van der Waals surface area contributed by atoms with Gasteiger partial charge < -0.3 is 11.1 Å². The van der Waals surface area contributed by atoms with Crippen LogP contribution in [0.2, 0.25) is 0 Å². The molecule has 0 unspecified atom stereocenters. The number of hydrogen-bond acceptors (Lipinski definition) is 3. The minimum Gasteiger partial charge on any atom is -0.369 e. The molecule has 0 atom stereocenters. The molecule has 0 aliphatic carbocycles. The molecular weight excluding hydrogens is 306 g/mol. The van der Waals surface area contributed by atoms with Gasteiger partial charge in [0.1, 0.15) is 5.82 Å². The summed E-state index contributed by atoms with van der Waals surface area (Å²) in [5, 5.41) is 2.51. The van der Waals surface area contributed by atoms with E-state index in [-0.39, 0.29) is 5.96 Å². The second-order valence-corrected chi connectivity index (χ2v) is 4.08. The number of guanidine groups is 1. The topological polar surface area (TPSA) is 96.2 Å². The summed E-state index contributed by atoms with van der Waals surface area (Å²) >= 11 is 0. The predicted molar refractivity (Wildman–Crippen MR) is 71.2 cm³/mol. The van der Waals surface area contributed by atoms with E-state index in [1.807, 2.05) is 4.98 Å². The van der Waals surface area contributed by atoms with Gasteiger partial charge in [-0.1, -0.05) is 0 Å². The van der Waals surface area contributed by atoms with Crippen molar-refractivity contribution in [1.29, 1.82) is 0 Å². The van der Waals surface area contributed by atoms with Crippen molar-refractivity contribution in [1.82, 2.24) is 9.97 Å². The Kier molecular flexibility index (Phi) is 4.11. The molecule has 0 bridgehead atoms. The summed E-state index contributed by atoms with van der Waals surface area (Å²) in [6, 6.07) is 5.31. The molecule has 2 rings (SSSR count). The van der Waals surface area contributed by atoms with Crippen LogP contribution in [-0.2, 0) is 6.18 Å². The zero-order chi connectivity index (χ0) is 16.3. The first-order valence-corrected chi connectivity index (χ1v) is 5.79. The molecule has 0 fully saturated rings. The monoisotopic (exact) mass is 315 g/mol. The number of aliphatic imine (C=N–C) groups is 1. The lowest BCUT2D eigenvalue weighted by atomic mass is 10.3. The quantitative estimate of drug-likeness (QED) is 0.448. The Balaban J connectivity index is 2.26. The Hall–Kier alpha value is -2.91. The summed E-state index contributed by atoms with van der Waals surface area (Å²) in [7, 11) is 0. The SMILES string of the molecule is N/C(=N\c1nc(C(F)(F)F)cc(=O)[nH]1)Nc1ccc(F)cc1. The molecular formula is C12H9F4N5O. The van der Waals surface area contributed by atoms with Gasteiger partial charge in [0, 0.05) is 11.8 Å². The van der Waals surface area contributed by atoms with Gasteiger partial charge in [-0.3, -0.25) is 9.78 Å². The van der Waals surface area contributed by atoms with E-state index in [1.165, 1.54) is 12.1 Å². The molecule has 0 saturated carbocycles. The molecule has 0 spiro atoms. The van der Waals surface area contributed by atoms with Crippen molar-refractivity contribution in [3.05, 3.63) is 52.2 Å². The van der Waals surface area contributed by atoms with Gasteiger partial charge in [0.2, 0.25) is 11.9 Å². The maximum absolute atomic E-state index is 12.7. The Labute approximate surface area is 120 Å². The maximum atomic E-state index is 12.7. The number of anilines is 1. The normalized spacial score (nSPS) is 12.3. The van der Waals surface area contributed by atoms with Crippen LogP contribution >= 0.6 is 0 Å². The molecule has 22 heavy (non-hydrogen) atoms. The first kappa shape index (κ1) is 15.5. The number of nitrogens with two attached hydrogens (primary N) is 1. The van der Waals surface area contributed by atoms with Gasteiger partial charge in [-0.2, -0.15) is 18.2 Å². The second-order valence-electron chi connectivity index (χ2n) is 4.08. The summed E-state index contributed by atoms with van der Waals surface area (Å²) < 4.78 is 50.3. The van der Waals surface area contributed by atoms with Crippen LogP contribution in [0.5, 0.6) is 0 Å². The summed E-state index contributed by atoms with van der Waals surface area (Å²) in [6.45, 7) is 0. The third kappa shape index (κ3) is 4.04. The number of nitrogens with one attached hydrogen (secondary N) is 2. The van der Waals surface area contributed by atoms with E-state index in [0.717, 1.165) is 12.1 Å². The predicted octanol–water partition coefficient (Wildman–Crippen LogP) is 1.99. The molecule has 1 aromatic carbocycles. The van der Waals surface area contributed by atoms with Crippen molar-refractivity contribution in [3.8, 4) is 0 Å². The van der Waals surface area contributed by atoms with Gasteiger partial charge >= 0.3 is 6.18 Å². The Morgan fingerprint density at radius 1 is 1.27 bits per heavy atom. The van der Waals surface area contributed by atoms with E-state index in [2.05, 4.69) is 15.3 Å². The minimum atomic E-state index is -4.78. The lowest BCUT2D eigenvalue weighted by Crippen LogP contribution is -2.23. The number of nitrogens with zero attached hydrogens (tertiary/aromatic N) is 2. The van der Waals surface area contributed by atoms with Crippen molar-refractivity contribution in [2.75, 3.05) is 5.32 Å². The zero-order valence-electron chi connectivity index (χ0n) is 10.8. The van der Waals surface area contributed by atoms with Crippen LogP contribution in [0.1, 0.15) is 5.69 Å². The standard InChI is InChI=1S/C12H9F4N5O/c13-6-1-3-7(4-2-6)18-10(17)21-11-19-8(12(14,15)16)5-9(22)20-11/h1-5H,(H4,17,18,19,20,21,22). The minimum absolute atomic E-state index is 0.308. The molecule has 4 N–H and O–H groups in total. The first-order chi connectivity index (χ1) is 10.2. The van der Waals surface area contributed by atoms with E-state index in [4.69, 9.17) is 5.73 Å². The summed E-state index contributed by atoms with van der Waals surface area (Å²) in [4.78, 5) is 19.9. The van der Waals surface area contributed by atoms with Crippen LogP contribution in [-0.4, -0.2) is 15.9 Å². The number of halogens is 4. The van der Waals surface area contributed by atoms with E-state index in [0.29, 0.717) is 11.8 Å². The van der Waals surface area contributed by atoms with Crippen LogP contribution in [0, 0.1) is 5.82 Å². The summed E-state index contributed by atoms with van der Waals surface area (Å²) in [5.74, 6) is -1.40. The Morgan fingerprint density at radius 3 is 2.50 bits per heavy atom. The van der Waals surface area contributed by atoms with Crippen molar-refractivity contribution < 1.29 is 17.6 Å². The number of aromatic nitrogens is 2. The first-order valence-electron chi connectivity index (χ1n) is 5.79. The van der Waals surface area contributed by atoms with Crippen LogP contribution in [0.15, 0.2) is 40.1 Å². The van der Waals surface area contributed by atoms with Crippen molar-refractivity contribution >= 4 is 17.6 Å². The molecule has 0 radical (unpaired) electrons. The molecule has 1 heterocycles. The molecule has 2 aromatic rings. The van der Waals surface area contributed by atoms with Gasteiger partial charge in [-0.05, 0) is 24.3 Å². The molecule has 0 aliphatic rings. The molecule has 10 heteroatoms. The average Bonchev–Trinajstić information content (AvgIpc) is 2.39. The highest BCUT2D eigenvalue weighted by atomic mass is 19.4. The Morgan fingerprint density at radius 2 is 1.91 bits per heavy atom. The summed E-state index contributed by atoms with van der Waals surface area (Å²) in [5.41, 5.74) is 3.44. The number of rotatable bonds is 2. The summed E-state index contributed by atoms with van der Waals surface area (Å²) in [6.07, 6.45) is -4.78. The van der Waals surface area contributed by atoms with E-state index >= 15 is 0 Å². The lowest BCUT2D eigenvalue weighted by Gasteiger charge is -2.07. The van der Waals surface area contributed by atoms with Gasteiger partial charge in [-0.25, -0.2) is 9.37 Å². The smallest absolute Gasteiger partial charge is 0.369 e. The molecule has 116 valence electrons. The highest BCUT2D eigenvalue weighted by molar-refractivity contribution is 5.93. The van der Waals surface area contributed by atoms with E-state index in [9.17, 15) is 22.4 Å². The van der Waals surface area contributed by atoms with Crippen LogP contribution in [0.25, 0.3) is 0 Å². The molecule has 0 aliphatic heterocycles. The van der Waals surface area contributed by atoms with Crippen molar-refractivity contribution in [3.63, 3.8) is 0 Å². The van der Waals surface area contributed by atoms with Gasteiger partial charge in [0.15, 0.2) is 5.69 Å². The number of benzene rings is 1. The lowest BCUT2D eigenvalue weighted by molar-refractivity contribution is -0.141. The van der Waals surface area contributed by atoms with Crippen LogP contribution in [0.3, 0.4) is 0 Å². The highest BCUT2D eigenvalue weighted by Crippen LogP contribution is 2.27. The largest absolute Gasteiger partial charge is 0.433 e. The fourth-order valence-corrected chi connectivity index (χ4v) is 1.47. The zero-order valence-corrected chi connectivity index (χ0v) is 10.8. The second kappa shape index (κ2) is 5.84.